The zero-order valence-corrected chi connectivity index (χ0v) is 11.2. The van der Waals surface area contributed by atoms with Crippen LogP contribution in [0.1, 0.15) is 22.7 Å². The molecule has 1 aromatic rings. The Morgan fingerprint density at radius 3 is 2.69 bits per heavy atom. The van der Waals surface area contributed by atoms with Gasteiger partial charge in [0, 0.05) is 22.8 Å². The van der Waals surface area contributed by atoms with Crippen molar-refractivity contribution in [3.63, 3.8) is 0 Å². The number of nitrogens with one attached hydrogen (secondary N) is 1. The normalized spacial score (nSPS) is 13.3. The molecule has 92 valence electrons. The fourth-order valence-corrected chi connectivity index (χ4v) is 2.51. The summed E-state index contributed by atoms with van der Waals surface area (Å²) < 4.78 is 0. The van der Waals surface area contributed by atoms with Crippen molar-refractivity contribution in [2.75, 3.05) is 33.8 Å². The Kier molecular flexibility index (Phi) is 5.98. The van der Waals surface area contributed by atoms with Crippen LogP contribution in [0.15, 0.2) is 12.1 Å². The molecule has 3 nitrogen and oxygen atoms in total. The van der Waals surface area contributed by atoms with E-state index in [2.05, 4.69) is 43.4 Å². The first kappa shape index (κ1) is 13.6. The van der Waals surface area contributed by atoms with Gasteiger partial charge in [-0.05, 0) is 32.6 Å². The lowest BCUT2D eigenvalue weighted by Crippen LogP contribution is -2.31. The van der Waals surface area contributed by atoms with Gasteiger partial charge >= 0.3 is 0 Å². The SMILES string of the molecule is CCc1ccc(C(CO)NCCN(C)C)s1. The molecule has 0 aliphatic heterocycles. The molecule has 0 radical (unpaired) electrons. The summed E-state index contributed by atoms with van der Waals surface area (Å²) in [4.78, 5) is 4.74. The van der Waals surface area contributed by atoms with Crippen molar-refractivity contribution in [2.24, 2.45) is 0 Å². The number of thiophene rings is 1. The van der Waals surface area contributed by atoms with Crippen molar-refractivity contribution in [1.82, 2.24) is 10.2 Å². The van der Waals surface area contributed by atoms with E-state index in [4.69, 9.17) is 0 Å². The number of rotatable bonds is 7. The second kappa shape index (κ2) is 7.01. The third-order valence-corrected chi connectivity index (χ3v) is 3.85. The zero-order valence-electron chi connectivity index (χ0n) is 10.4. The van der Waals surface area contributed by atoms with Gasteiger partial charge in [0.05, 0.1) is 12.6 Å². The number of aryl methyl sites for hydroxylation is 1. The van der Waals surface area contributed by atoms with Crippen molar-refractivity contribution >= 4 is 11.3 Å². The fourth-order valence-electron chi connectivity index (χ4n) is 1.49. The van der Waals surface area contributed by atoms with Crippen LogP contribution in [0.2, 0.25) is 0 Å². The summed E-state index contributed by atoms with van der Waals surface area (Å²) in [6.07, 6.45) is 1.07. The fraction of sp³-hybridized carbons (Fsp3) is 0.667. The van der Waals surface area contributed by atoms with Crippen molar-refractivity contribution in [2.45, 2.75) is 19.4 Å². The minimum absolute atomic E-state index is 0.0882. The number of aliphatic hydroxyl groups is 1. The highest BCUT2D eigenvalue weighted by atomic mass is 32.1. The van der Waals surface area contributed by atoms with Gasteiger partial charge in [0.1, 0.15) is 0 Å². The third-order valence-electron chi connectivity index (χ3n) is 2.51. The van der Waals surface area contributed by atoms with Crippen LogP contribution in [0, 0.1) is 0 Å². The van der Waals surface area contributed by atoms with E-state index in [1.807, 2.05) is 0 Å². The first-order chi connectivity index (χ1) is 7.67. The molecule has 0 spiro atoms. The average molecular weight is 242 g/mol. The van der Waals surface area contributed by atoms with Crippen molar-refractivity contribution < 1.29 is 5.11 Å². The molecule has 1 atom stereocenters. The second-order valence-electron chi connectivity index (χ2n) is 4.15. The smallest absolute Gasteiger partial charge is 0.0650 e. The molecular formula is C12H22N2OS. The topological polar surface area (TPSA) is 35.5 Å². The van der Waals surface area contributed by atoms with Gasteiger partial charge in [0.25, 0.3) is 0 Å². The molecule has 0 amide bonds. The molecule has 0 aliphatic carbocycles. The highest BCUT2D eigenvalue weighted by Crippen LogP contribution is 2.23. The van der Waals surface area contributed by atoms with Crippen molar-refractivity contribution in [3.05, 3.63) is 21.9 Å². The Bertz CT molecular complexity index is 299. The zero-order chi connectivity index (χ0) is 12.0. The lowest BCUT2D eigenvalue weighted by molar-refractivity contribution is 0.242. The molecule has 4 heteroatoms. The number of hydrogen-bond donors (Lipinski definition) is 2. The molecule has 0 bridgehead atoms. The van der Waals surface area contributed by atoms with Gasteiger partial charge in [-0.25, -0.2) is 0 Å². The Labute approximate surface area is 102 Å². The van der Waals surface area contributed by atoms with Crippen LogP contribution < -0.4 is 5.32 Å². The highest BCUT2D eigenvalue weighted by molar-refractivity contribution is 7.12. The summed E-state index contributed by atoms with van der Waals surface area (Å²) in [5.41, 5.74) is 0. The monoisotopic (exact) mass is 242 g/mol. The minimum Gasteiger partial charge on any atom is -0.394 e. The minimum atomic E-state index is 0.0882. The van der Waals surface area contributed by atoms with Crippen LogP contribution >= 0.6 is 11.3 Å². The maximum absolute atomic E-state index is 9.36. The number of aliphatic hydroxyl groups excluding tert-OH is 1. The average Bonchev–Trinajstić information content (AvgIpc) is 2.72. The predicted octanol–water partition coefficient (Wildman–Crippen LogP) is 1.50. The van der Waals surface area contributed by atoms with Gasteiger partial charge in [-0.1, -0.05) is 6.92 Å². The summed E-state index contributed by atoms with van der Waals surface area (Å²) >= 11 is 1.79. The number of nitrogens with zero attached hydrogens (tertiary/aromatic N) is 1. The quantitative estimate of drug-likeness (QED) is 0.760. The Balaban J connectivity index is 2.46. The van der Waals surface area contributed by atoms with Crippen LogP contribution in [0.25, 0.3) is 0 Å². The van der Waals surface area contributed by atoms with E-state index < -0.39 is 0 Å². The van der Waals surface area contributed by atoms with Gasteiger partial charge in [0.2, 0.25) is 0 Å². The van der Waals surface area contributed by atoms with Gasteiger partial charge in [-0.2, -0.15) is 0 Å². The first-order valence-electron chi connectivity index (χ1n) is 5.75. The molecule has 0 fully saturated rings. The van der Waals surface area contributed by atoms with Crippen LogP contribution in [-0.2, 0) is 6.42 Å². The molecule has 2 N–H and O–H groups in total. The van der Waals surface area contributed by atoms with Crippen LogP contribution in [0.3, 0.4) is 0 Å². The molecule has 0 aromatic carbocycles. The summed E-state index contributed by atoms with van der Waals surface area (Å²) in [5.74, 6) is 0. The highest BCUT2D eigenvalue weighted by Gasteiger charge is 2.11. The van der Waals surface area contributed by atoms with E-state index in [0.717, 1.165) is 19.5 Å². The van der Waals surface area contributed by atoms with Crippen LogP contribution in [0.5, 0.6) is 0 Å². The molecule has 0 saturated heterocycles. The molecule has 1 heterocycles. The van der Waals surface area contributed by atoms with Crippen LogP contribution in [-0.4, -0.2) is 43.8 Å². The Morgan fingerprint density at radius 2 is 2.19 bits per heavy atom. The molecule has 16 heavy (non-hydrogen) atoms. The van der Waals surface area contributed by atoms with Gasteiger partial charge in [-0.15, -0.1) is 11.3 Å². The predicted molar refractivity (Wildman–Crippen MR) is 70.1 cm³/mol. The lowest BCUT2D eigenvalue weighted by atomic mass is 10.2. The van der Waals surface area contributed by atoms with Gasteiger partial charge in [-0.3, -0.25) is 0 Å². The van der Waals surface area contributed by atoms with Crippen molar-refractivity contribution in [3.8, 4) is 0 Å². The largest absolute Gasteiger partial charge is 0.394 e. The van der Waals surface area contributed by atoms with Gasteiger partial charge in [0.15, 0.2) is 0 Å². The molecule has 1 unspecified atom stereocenters. The molecule has 1 aromatic heterocycles. The number of hydrogen-bond acceptors (Lipinski definition) is 4. The summed E-state index contributed by atoms with van der Waals surface area (Å²) in [7, 11) is 4.10. The molecule has 0 aliphatic rings. The Hall–Kier alpha value is -0.420. The first-order valence-corrected chi connectivity index (χ1v) is 6.56. The van der Waals surface area contributed by atoms with E-state index in [1.54, 1.807) is 11.3 Å². The molecule has 1 rings (SSSR count). The summed E-state index contributed by atoms with van der Waals surface area (Å²) in [5, 5.41) is 12.7. The van der Waals surface area contributed by atoms with Gasteiger partial charge < -0.3 is 15.3 Å². The maximum atomic E-state index is 9.36. The lowest BCUT2D eigenvalue weighted by Gasteiger charge is -2.16. The summed E-state index contributed by atoms with van der Waals surface area (Å²) in [6.45, 7) is 4.21. The van der Waals surface area contributed by atoms with E-state index in [1.165, 1.54) is 9.75 Å². The second-order valence-corrected chi connectivity index (χ2v) is 5.35. The van der Waals surface area contributed by atoms with E-state index in [9.17, 15) is 5.11 Å². The van der Waals surface area contributed by atoms with E-state index in [-0.39, 0.29) is 12.6 Å². The molecule has 0 saturated carbocycles. The molecular weight excluding hydrogens is 220 g/mol. The standard InChI is InChI=1S/C12H22N2OS/c1-4-10-5-6-12(16-10)11(9-15)13-7-8-14(2)3/h5-6,11,13,15H,4,7-9H2,1-3H3. The Morgan fingerprint density at radius 1 is 1.44 bits per heavy atom. The maximum Gasteiger partial charge on any atom is 0.0650 e. The number of likely N-dealkylation sites (N-methyl/N-ethyl adjacent to an activating group) is 1. The van der Waals surface area contributed by atoms with E-state index >= 15 is 0 Å². The van der Waals surface area contributed by atoms with Crippen LogP contribution in [0.4, 0.5) is 0 Å². The van der Waals surface area contributed by atoms with E-state index in [0.29, 0.717) is 0 Å². The van der Waals surface area contributed by atoms with Crippen molar-refractivity contribution in [1.29, 1.82) is 0 Å². The third kappa shape index (κ3) is 4.22. The summed E-state index contributed by atoms with van der Waals surface area (Å²) in [6, 6.07) is 4.36.